The summed E-state index contributed by atoms with van der Waals surface area (Å²) in [7, 11) is 0. The minimum Gasteiger partial charge on any atom is -0.508 e. The van der Waals surface area contributed by atoms with Crippen LogP contribution in [0.4, 0.5) is 0 Å². The van der Waals surface area contributed by atoms with Gasteiger partial charge in [-0.15, -0.1) is 0 Å². The number of aryl methyl sites for hydroxylation is 2. The SMILES string of the molecule is CCCn1cc(-c2ccc(C)c(O)c2)cn1. The van der Waals surface area contributed by atoms with E-state index in [1.165, 1.54) is 0 Å². The summed E-state index contributed by atoms with van der Waals surface area (Å²) in [6.07, 6.45) is 4.91. The fraction of sp³-hybridized carbons (Fsp3) is 0.308. The van der Waals surface area contributed by atoms with Gasteiger partial charge in [0.15, 0.2) is 0 Å². The first-order valence-corrected chi connectivity index (χ1v) is 5.53. The summed E-state index contributed by atoms with van der Waals surface area (Å²) in [4.78, 5) is 0. The lowest BCUT2D eigenvalue weighted by atomic mass is 10.1. The highest BCUT2D eigenvalue weighted by Gasteiger charge is 2.03. The van der Waals surface area contributed by atoms with Crippen molar-refractivity contribution in [2.45, 2.75) is 26.8 Å². The van der Waals surface area contributed by atoms with Gasteiger partial charge in [-0.05, 0) is 30.5 Å². The molecule has 0 amide bonds. The molecule has 0 saturated heterocycles. The van der Waals surface area contributed by atoms with Crippen molar-refractivity contribution in [1.29, 1.82) is 0 Å². The van der Waals surface area contributed by atoms with E-state index in [4.69, 9.17) is 0 Å². The summed E-state index contributed by atoms with van der Waals surface area (Å²) >= 11 is 0. The molecule has 3 nitrogen and oxygen atoms in total. The second-order valence-corrected chi connectivity index (χ2v) is 3.99. The van der Waals surface area contributed by atoms with E-state index in [-0.39, 0.29) is 0 Å². The molecule has 16 heavy (non-hydrogen) atoms. The molecule has 2 aromatic rings. The molecule has 0 aliphatic carbocycles. The van der Waals surface area contributed by atoms with Gasteiger partial charge in [0.25, 0.3) is 0 Å². The molecular weight excluding hydrogens is 200 g/mol. The molecule has 0 aliphatic rings. The molecule has 0 bridgehead atoms. The maximum atomic E-state index is 9.64. The van der Waals surface area contributed by atoms with E-state index in [1.807, 2.05) is 36.1 Å². The number of aromatic hydroxyl groups is 1. The lowest BCUT2D eigenvalue weighted by molar-refractivity contribution is 0.471. The van der Waals surface area contributed by atoms with Crippen LogP contribution in [0.5, 0.6) is 5.75 Å². The van der Waals surface area contributed by atoms with E-state index in [0.717, 1.165) is 29.7 Å². The van der Waals surface area contributed by atoms with Gasteiger partial charge in [0.05, 0.1) is 6.20 Å². The van der Waals surface area contributed by atoms with Crippen LogP contribution < -0.4 is 0 Å². The van der Waals surface area contributed by atoms with Crippen LogP contribution in [-0.2, 0) is 6.54 Å². The lowest BCUT2D eigenvalue weighted by Crippen LogP contribution is -1.95. The van der Waals surface area contributed by atoms with Crippen LogP contribution in [0.2, 0.25) is 0 Å². The molecule has 2 rings (SSSR count). The number of phenolic OH excluding ortho intramolecular Hbond substituents is 1. The number of nitrogens with zero attached hydrogens (tertiary/aromatic N) is 2. The average molecular weight is 216 g/mol. The summed E-state index contributed by atoms with van der Waals surface area (Å²) in [6.45, 7) is 4.94. The second kappa shape index (κ2) is 4.39. The van der Waals surface area contributed by atoms with Crippen molar-refractivity contribution in [3.63, 3.8) is 0 Å². The second-order valence-electron chi connectivity index (χ2n) is 3.99. The molecule has 0 fully saturated rings. The van der Waals surface area contributed by atoms with Gasteiger partial charge in [0.2, 0.25) is 0 Å². The molecule has 84 valence electrons. The Morgan fingerprint density at radius 3 is 2.81 bits per heavy atom. The highest BCUT2D eigenvalue weighted by molar-refractivity contribution is 5.64. The van der Waals surface area contributed by atoms with Gasteiger partial charge in [-0.1, -0.05) is 19.1 Å². The molecule has 0 radical (unpaired) electrons. The third kappa shape index (κ3) is 2.08. The average Bonchev–Trinajstić information content (AvgIpc) is 2.71. The van der Waals surface area contributed by atoms with E-state index >= 15 is 0 Å². The largest absolute Gasteiger partial charge is 0.508 e. The van der Waals surface area contributed by atoms with E-state index in [2.05, 4.69) is 12.0 Å². The van der Waals surface area contributed by atoms with Gasteiger partial charge in [0.1, 0.15) is 5.75 Å². The first-order valence-electron chi connectivity index (χ1n) is 5.53. The van der Waals surface area contributed by atoms with Crippen LogP contribution in [0.3, 0.4) is 0 Å². The number of phenols is 1. The van der Waals surface area contributed by atoms with Crippen molar-refractivity contribution >= 4 is 0 Å². The predicted molar refractivity (Wildman–Crippen MR) is 64.4 cm³/mol. The molecule has 1 aromatic carbocycles. The molecule has 0 spiro atoms. The smallest absolute Gasteiger partial charge is 0.119 e. The first kappa shape index (κ1) is 10.7. The van der Waals surface area contributed by atoms with Gasteiger partial charge < -0.3 is 5.11 Å². The van der Waals surface area contributed by atoms with Crippen molar-refractivity contribution in [3.05, 3.63) is 36.2 Å². The summed E-state index contributed by atoms with van der Waals surface area (Å²) in [6, 6.07) is 5.70. The Hall–Kier alpha value is -1.77. The van der Waals surface area contributed by atoms with Crippen molar-refractivity contribution in [2.75, 3.05) is 0 Å². The molecule has 0 saturated carbocycles. The third-order valence-electron chi connectivity index (χ3n) is 2.63. The lowest BCUT2D eigenvalue weighted by Gasteiger charge is -2.01. The van der Waals surface area contributed by atoms with E-state index in [9.17, 15) is 5.11 Å². The Balaban J connectivity index is 2.31. The van der Waals surface area contributed by atoms with E-state index < -0.39 is 0 Å². The quantitative estimate of drug-likeness (QED) is 0.856. The number of rotatable bonds is 3. The Morgan fingerprint density at radius 1 is 1.31 bits per heavy atom. The zero-order chi connectivity index (χ0) is 11.5. The summed E-state index contributed by atoms with van der Waals surface area (Å²) < 4.78 is 1.92. The standard InChI is InChI=1S/C13H16N2O/c1-3-6-15-9-12(8-14-15)11-5-4-10(2)13(16)7-11/h4-5,7-9,16H,3,6H2,1-2H3. The predicted octanol–water partition coefficient (Wildman–Crippen LogP) is 2.97. The fourth-order valence-corrected chi connectivity index (χ4v) is 1.65. The molecule has 1 aromatic heterocycles. The van der Waals surface area contributed by atoms with Gasteiger partial charge >= 0.3 is 0 Å². The Kier molecular flexibility index (Phi) is 2.95. The van der Waals surface area contributed by atoms with Gasteiger partial charge in [0, 0.05) is 18.3 Å². The maximum Gasteiger partial charge on any atom is 0.119 e. The molecule has 3 heteroatoms. The summed E-state index contributed by atoms with van der Waals surface area (Å²) in [5.74, 6) is 0.334. The van der Waals surface area contributed by atoms with Gasteiger partial charge in [-0.2, -0.15) is 5.10 Å². The monoisotopic (exact) mass is 216 g/mol. The highest BCUT2D eigenvalue weighted by atomic mass is 16.3. The third-order valence-corrected chi connectivity index (χ3v) is 2.63. The zero-order valence-electron chi connectivity index (χ0n) is 9.64. The zero-order valence-corrected chi connectivity index (χ0v) is 9.64. The molecule has 1 N–H and O–H groups in total. The van der Waals surface area contributed by atoms with Crippen LogP contribution in [-0.4, -0.2) is 14.9 Å². The molecular formula is C13H16N2O. The van der Waals surface area contributed by atoms with Crippen molar-refractivity contribution in [3.8, 4) is 16.9 Å². The van der Waals surface area contributed by atoms with Crippen molar-refractivity contribution < 1.29 is 5.11 Å². The topological polar surface area (TPSA) is 38.0 Å². The normalized spacial score (nSPS) is 10.6. The van der Waals surface area contributed by atoms with Gasteiger partial charge in [-0.3, -0.25) is 4.68 Å². The number of aromatic nitrogens is 2. The minimum atomic E-state index is 0.334. The highest BCUT2D eigenvalue weighted by Crippen LogP contribution is 2.25. The number of hydrogen-bond acceptors (Lipinski definition) is 2. The van der Waals surface area contributed by atoms with Crippen LogP contribution in [0.15, 0.2) is 30.6 Å². The molecule has 1 heterocycles. The minimum absolute atomic E-state index is 0.334. The van der Waals surface area contributed by atoms with Crippen LogP contribution in [0, 0.1) is 6.92 Å². The van der Waals surface area contributed by atoms with Crippen molar-refractivity contribution in [2.24, 2.45) is 0 Å². The van der Waals surface area contributed by atoms with Gasteiger partial charge in [-0.25, -0.2) is 0 Å². The maximum absolute atomic E-state index is 9.64. The van der Waals surface area contributed by atoms with Crippen LogP contribution in [0.1, 0.15) is 18.9 Å². The van der Waals surface area contributed by atoms with E-state index in [0.29, 0.717) is 5.75 Å². The number of hydrogen-bond donors (Lipinski definition) is 1. The molecule has 0 atom stereocenters. The van der Waals surface area contributed by atoms with E-state index in [1.54, 1.807) is 6.07 Å². The number of benzene rings is 1. The van der Waals surface area contributed by atoms with Crippen molar-refractivity contribution in [1.82, 2.24) is 9.78 Å². The summed E-state index contributed by atoms with van der Waals surface area (Å²) in [5.41, 5.74) is 2.94. The Bertz CT molecular complexity index is 488. The van der Waals surface area contributed by atoms with Crippen LogP contribution in [0.25, 0.3) is 11.1 Å². The first-order chi connectivity index (χ1) is 7.70. The summed E-state index contributed by atoms with van der Waals surface area (Å²) in [5, 5.41) is 13.9. The Labute approximate surface area is 95.3 Å². The fourth-order valence-electron chi connectivity index (χ4n) is 1.65. The molecule has 0 unspecified atom stereocenters. The van der Waals surface area contributed by atoms with Crippen LogP contribution >= 0.6 is 0 Å². The Morgan fingerprint density at radius 2 is 2.12 bits per heavy atom. The molecule has 0 aliphatic heterocycles.